The van der Waals surface area contributed by atoms with E-state index in [1.54, 1.807) is 18.3 Å². The van der Waals surface area contributed by atoms with Crippen molar-refractivity contribution in [2.45, 2.75) is 0 Å². The molecule has 1 aromatic carbocycles. The number of hydrogen-bond donors (Lipinski definition) is 0. The molecule has 69 valence electrons. The summed E-state index contributed by atoms with van der Waals surface area (Å²) in [7, 11) is 0. The first-order valence-electron chi connectivity index (χ1n) is 4.05. The molecule has 1 nitrogen and oxygen atoms in total. The molecule has 0 bridgehead atoms. The number of rotatable bonds is 1. The van der Waals surface area contributed by atoms with Crippen LogP contribution in [0.4, 0.5) is 8.78 Å². The summed E-state index contributed by atoms with van der Waals surface area (Å²) in [5.74, 6) is -1.22. The molecule has 1 aromatic heterocycles. The molecule has 0 saturated heterocycles. The van der Waals surface area contributed by atoms with Gasteiger partial charge in [0.15, 0.2) is 0 Å². The largest absolute Gasteiger partial charge is 0.256 e. The number of benzene rings is 1. The van der Waals surface area contributed by atoms with Crippen LogP contribution in [0.25, 0.3) is 11.3 Å². The van der Waals surface area contributed by atoms with E-state index in [0.717, 1.165) is 6.07 Å². The average molecular weight is 190 g/mol. The van der Waals surface area contributed by atoms with Crippen molar-refractivity contribution in [2.75, 3.05) is 0 Å². The highest BCUT2D eigenvalue weighted by Gasteiger charge is 2.03. The Morgan fingerprint density at radius 3 is 2.36 bits per heavy atom. The van der Waals surface area contributed by atoms with Gasteiger partial charge < -0.3 is 0 Å². The normalized spacial score (nSPS) is 10.1. The first-order chi connectivity index (χ1) is 6.75. The maximum absolute atomic E-state index is 12.8. The van der Waals surface area contributed by atoms with Crippen molar-refractivity contribution in [2.24, 2.45) is 0 Å². The molecule has 0 amide bonds. The number of hydrogen-bond acceptors (Lipinski definition) is 1. The van der Waals surface area contributed by atoms with Crippen LogP contribution in [0.2, 0.25) is 0 Å². The topological polar surface area (TPSA) is 12.9 Å². The van der Waals surface area contributed by atoms with Gasteiger partial charge in [0.2, 0.25) is 0 Å². The van der Waals surface area contributed by atoms with E-state index in [0.29, 0.717) is 11.3 Å². The van der Waals surface area contributed by atoms with E-state index in [4.69, 9.17) is 0 Å². The summed E-state index contributed by atoms with van der Waals surface area (Å²) in [6, 6.07) is 9.41. The summed E-state index contributed by atoms with van der Waals surface area (Å²) < 4.78 is 25.7. The molecule has 2 rings (SSSR count). The summed E-state index contributed by atoms with van der Waals surface area (Å²) in [6.07, 6.45) is 1.55. The van der Waals surface area contributed by atoms with Gasteiger partial charge in [-0.05, 0) is 18.2 Å². The van der Waals surface area contributed by atoms with Gasteiger partial charge in [0.05, 0.1) is 5.69 Å². The van der Waals surface area contributed by atoms with Crippen LogP contribution in [-0.2, 0) is 0 Å². The summed E-state index contributed by atoms with van der Waals surface area (Å²) in [5, 5.41) is 0. The minimum Gasteiger partial charge on any atom is -0.256 e. The second kappa shape index (κ2) is 3.54. The maximum Gasteiger partial charge on any atom is 0.126 e. The minimum absolute atomic E-state index is 0.392. The fourth-order valence-corrected chi connectivity index (χ4v) is 1.17. The van der Waals surface area contributed by atoms with Crippen LogP contribution in [0.5, 0.6) is 0 Å². The lowest BCUT2D eigenvalue weighted by molar-refractivity contribution is 0.584. The highest BCUT2D eigenvalue weighted by molar-refractivity contribution is 5.58. The molecule has 2 aromatic rings. The number of pyridine rings is 1. The molecule has 0 aliphatic carbocycles. The Bertz CT molecular complexity index is 420. The lowest BCUT2D eigenvalue weighted by Gasteiger charge is -1.99. The molecule has 14 heavy (non-hydrogen) atoms. The zero-order chi connectivity index (χ0) is 9.97. The lowest BCUT2D eigenvalue weighted by Crippen LogP contribution is -1.86. The van der Waals surface area contributed by atoms with Crippen LogP contribution in [0, 0.1) is 17.7 Å². The Hall–Kier alpha value is -1.77. The Morgan fingerprint density at radius 1 is 1.07 bits per heavy atom. The first kappa shape index (κ1) is 8.81. The van der Waals surface area contributed by atoms with Gasteiger partial charge >= 0.3 is 0 Å². The number of halogens is 2. The summed E-state index contributed by atoms with van der Waals surface area (Å²) in [5.41, 5.74) is 0.828. The van der Waals surface area contributed by atoms with E-state index in [1.165, 1.54) is 12.1 Å². The zero-order valence-corrected chi connectivity index (χ0v) is 7.17. The third-order valence-corrected chi connectivity index (χ3v) is 1.74. The third kappa shape index (κ3) is 1.76. The smallest absolute Gasteiger partial charge is 0.126 e. The minimum atomic E-state index is -0.612. The van der Waals surface area contributed by atoms with E-state index in [-0.39, 0.29) is 0 Å². The van der Waals surface area contributed by atoms with E-state index in [2.05, 4.69) is 11.1 Å². The lowest BCUT2D eigenvalue weighted by atomic mass is 10.1. The van der Waals surface area contributed by atoms with E-state index < -0.39 is 11.6 Å². The molecule has 0 spiro atoms. The maximum atomic E-state index is 12.8. The van der Waals surface area contributed by atoms with Crippen LogP contribution in [0.15, 0.2) is 36.5 Å². The molecule has 0 atom stereocenters. The van der Waals surface area contributed by atoms with Crippen LogP contribution in [-0.4, -0.2) is 4.98 Å². The van der Waals surface area contributed by atoms with E-state index >= 15 is 0 Å². The summed E-state index contributed by atoms with van der Waals surface area (Å²) in [6.45, 7) is 0. The monoisotopic (exact) mass is 190 g/mol. The van der Waals surface area contributed by atoms with E-state index in [9.17, 15) is 8.78 Å². The second-order valence-corrected chi connectivity index (χ2v) is 2.79. The molecular formula is C11H6F2N. The first-order valence-corrected chi connectivity index (χ1v) is 4.05. The molecule has 0 saturated carbocycles. The van der Waals surface area contributed by atoms with Gasteiger partial charge in [-0.3, -0.25) is 4.98 Å². The number of nitrogens with zero attached hydrogens (tertiary/aromatic N) is 1. The quantitative estimate of drug-likeness (QED) is 0.673. The highest BCUT2D eigenvalue weighted by Crippen LogP contribution is 2.18. The van der Waals surface area contributed by atoms with Gasteiger partial charge in [0.1, 0.15) is 11.6 Å². The van der Waals surface area contributed by atoms with Crippen molar-refractivity contribution in [3.63, 3.8) is 0 Å². The molecule has 0 aliphatic heterocycles. The SMILES string of the molecule is Fc1cc(F)cc(-c2[c]cccn2)c1. The van der Waals surface area contributed by atoms with Crippen LogP contribution < -0.4 is 0 Å². The fraction of sp³-hybridized carbons (Fsp3) is 0. The zero-order valence-electron chi connectivity index (χ0n) is 7.17. The Labute approximate surface area is 80.0 Å². The molecule has 0 aliphatic rings. The Balaban J connectivity index is 2.52. The summed E-state index contributed by atoms with van der Waals surface area (Å²) in [4.78, 5) is 3.94. The van der Waals surface area contributed by atoms with Gasteiger partial charge in [-0.1, -0.05) is 6.07 Å². The van der Waals surface area contributed by atoms with Gasteiger partial charge in [0.25, 0.3) is 0 Å². The Kier molecular flexibility index (Phi) is 2.23. The number of aromatic nitrogens is 1. The molecule has 0 fully saturated rings. The highest BCUT2D eigenvalue weighted by atomic mass is 19.1. The fourth-order valence-electron chi connectivity index (χ4n) is 1.17. The van der Waals surface area contributed by atoms with Gasteiger partial charge in [-0.15, -0.1) is 0 Å². The molecule has 3 heteroatoms. The van der Waals surface area contributed by atoms with Crippen molar-refractivity contribution < 1.29 is 8.78 Å². The molecule has 1 radical (unpaired) electrons. The molecule has 0 N–H and O–H groups in total. The van der Waals surface area contributed by atoms with Crippen molar-refractivity contribution in [3.8, 4) is 11.3 Å². The third-order valence-electron chi connectivity index (χ3n) is 1.74. The van der Waals surface area contributed by atoms with Crippen LogP contribution in [0.3, 0.4) is 0 Å². The van der Waals surface area contributed by atoms with Crippen LogP contribution in [0.1, 0.15) is 0 Å². The van der Waals surface area contributed by atoms with Crippen molar-refractivity contribution in [1.29, 1.82) is 0 Å². The molecular weight excluding hydrogens is 184 g/mol. The van der Waals surface area contributed by atoms with Crippen LogP contribution >= 0.6 is 0 Å². The molecule has 0 unspecified atom stereocenters. The van der Waals surface area contributed by atoms with E-state index in [1.807, 2.05) is 0 Å². The molecule has 1 heterocycles. The summed E-state index contributed by atoms with van der Waals surface area (Å²) >= 11 is 0. The van der Waals surface area contributed by atoms with Gasteiger partial charge in [-0.25, -0.2) is 8.78 Å². The predicted octanol–water partition coefficient (Wildman–Crippen LogP) is 2.83. The predicted molar refractivity (Wildman–Crippen MR) is 48.4 cm³/mol. The van der Waals surface area contributed by atoms with Crippen molar-refractivity contribution in [3.05, 3.63) is 54.2 Å². The van der Waals surface area contributed by atoms with Gasteiger partial charge in [-0.2, -0.15) is 0 Å². The second-order valence-electron chi connectivity index (χ2n) is 2.79. The van der Waals surface area contributed by atoms with Gasteiger partial charge in [0, 0.05) is 23.9 Å². The standard InChI is InChI=1S/C11H6F2N/c12-9-5-8(6-10(13)7-9)11-3-1-2-4-14-11/h1-2,4-7H. The average Bonchev–Trinajstić information content (AvgIpc) is 2.18. The Morgan fingerprint density at radius 2 is 1.79 bits per heavy atom. The van der Waals surface area contributed by atoms with Crippen molar-refractivity contribution >= 4 is 0 Å². The van der Waals surface area contributed by atoms with Crippen molar-refractivity contribution in [1.82, 2.24) is 4.98 Å².